The molecule has 0 aromatic carbocycles. The van der Waals surface area contributed by atoms with Crippen LogP contribution in [0.5, 0.6) is 0 Å². The smallest absolute Gasteiger partial charge is 0.225 e. The van der Waals surface area contributed by atoms with Gasteiger partial charge in [0.15, 0.2) is 0 Å². The van der Waals surface area contributed by atoms with E-state index in [2.05, 4.69) is 29.7 Å². The van der Waals surface area contributed by atoms with Crippen molar-refractivity contribution in [3.63, 3.8) is 0 Å². The van der Waals surface area contributed by atoms with E-state index in [4.69, 9.17) is 14.4 Å². The molecule has 4 rings (SSSR count). The molecule has 0 radical (unpaired) electrons. The average molecular weight is 326 g/mol. The number of aromatic nitrogens is 2. The number of aryl methyl sites for hydroxylation is 3. The van der Waals surface area contributed by atoms with Gasteiger partial charge in [-0.3, -0.25) is 4.90 Å². The van der Waals surface area contributed by atoms with Crippen molar-refractivity contribution < 1.29 is 4.42 Å². The second kappa shape index (κ2) is 6.20. The van der Waals surface area contributed by atoms with E-state index < -0.39 is 0 Å². The van der Waals surface area contributed by atoms with Crippen molar-refractivity contribution in [2.45, 2.75) is 53.1 Å². The summed E-state index contributed by atoms with van der Waals surface area (Å²) in [6.07, 6.45) is 3.52. The van der Waals surface area contributed by atoms with Crippen molar-refractivity contribution >= 4 is 5.95 Å². The third kappa shape index (κ3) is 2.93. The van der Waals surface area contributed by atoms with Gasteiger partial charge in [0.25, 0.3) is 0 Å². The first-order valence-electron chi connectivity index (χ1n) is 9.00. The Morgan fingerprint density at radius 3 is 2.58 bits per heavy atom. The van der Waals surface area contributed by atoms with E-state index in [9.17, 15) is 0 Å². The zero-order chi connectivity index (χ0) is 16.7. The van der Waals surface area contributed by atoms with Crippen LogP contribution in [-0.4, -0.2) is 34.5 Å². The highest BCUT2D eigenvalue weighted by atomic mass is 16.3. The Kier molecular flexibility index (Phi) is 4.04. The maximum absolute atomic E-state index is 5.84. The van der Waals surface area contributed by atoms with Crippen LogP contribution in [0.25, 0.3) is 0 Å². The molecule has 0 atom stereocenters. The van der Waals surface area contributed by atoms with Crippen molar-refractivity contribution in [1.29, 1.82) is 0 Å². The molecule has 128 valence electrons. The molecule has 4 heterocycles. The lowest BCUT2D eigenvalue weighted by Crippen LogP contribution is -2.32. The van der Waals surface area contributed by atoms with Crippen LogP contribution < -0.4 is 4.90 Å². The topological polar surface area (TPSA) is 45.4 Å². The first-order chi connectivity index (χ1) is 11.6. The van der Waals surface area contributed by atoms with Gasteiger partial charge < -0.3 is 9.32 Å². The normalized spacial score (nSPS) is 18.2. The number of hydrogen-bond donors (Lipinski definition) is 0. The van der Waals surface area contributed by atoms with Crippen LogP contribution in [0.2, 0.25) is 0 Å². The van der Waals surface area contributed by atoms with Crippen LogP contribution in [0.4, 0.5) is 5.95 Å². The first-order valence-corrected chi connectivity index (χ1v) is 9.00. The maximum Gasteiger partial charge on any atom is 0.225 e. The molecule has 0 amide bonds. The fraction of sp³-hybridized carbons (Fsp3) is 0.579. The maximum atomic E-state index is 5.84. The fourth-order valence-corrected chi connectivity index (χ4v) is 3.76. The fourth-order valence-electron chi connectivity index (χ4n) is 3.76. The van der Waals surface area contributed by atoms with Crippen molar-refractivity contribution in [3.05, 3.63) is 40.1 Å². The average Bonchev–Trinajstić information content (AvgIpc) is 3.19. The first kappa shape index (κ1) is 15.6. The molecule has 24 heavy (non-hydrogen) atoms. The second-order valence-electron chi connectivity index (χ2n) is 7.14. The van der Waals surface area contributed by atoms with E-state index in [0.29, 0.717) is 0 Å². The van der Waals surface area contributed by atoms with Crippen LogP contribution in [-0.2, 0) is 19.5 Å². The van der Waals surface area contributed by atoms with Gasteiger partial charge in [0.2, 0.25) is 5.95 Å². The summed E-state index contributed by atoms with van der Waals surface area (Å²) in [6.45, 7) is 11.3. The molecule has 2 aromatic rings. The minimum absolute atomic E-state index is 0.863. The van der Waals surface area contributed by atoms with Crippen molar-refractivity contribution in [2.24, 2.45) is 0 Å². The molecule has 5 heteroatoms. The zero-order valence-electron chi connectivity index (χ0n) is 14.9. The molecule has 2 aromatic heterocycles. The summed E-state index contributed by atoms with van der Waals surface area (Å²) in [6, 6.07) is 2.16. The molecule has 0 N–H and O–H groups in total. The van der Waals surface area contributed by atoms with Crippen LogP contribution in [0.1, 0.15) is 46.9 Å². The van der Waals surface area contributed by atoms with Gasteiger partial charge in [-0.1, -0.05) is 0 Å². The number of furan rings is 1. The summed E-state index contributed by atoms with van der Waals surface area (Å²) < 4.78 is 5.84. The number of anilines is 1. The van der Waals surface area contributed by atoms with Crippen LogP contribution in [0.3, 0.4) is 0 Å². The highest BCUT2D eigenvalue weighted by Gasteiger charge is 2.24. The molecule has 1 fully saturated rings. The highest BCUT2D eigenvalue weighted by Crippen LogP contribution is 2.26. The summed E-state index contributed by atoms with van der Waals surface area (Å²) in [4.78, 5) is 14.4. The standard InChI is InChI=1S/C19H26N4O/c1-13-10-16(24-15(13)3)11-22-9-6-18-17(12-22)14(2)20-19(21-18)23-7-4-5-8-23/h10H,4-9,11-12H2,1-3H3. The molecule has 0 saturated carbocycles. The van der Waals surface area contributed by atoms with Crippen LogP contribution in [0, 0.1) is 20.8 Å². The van der Waals surface area contributed by atoms with Crippen LogP contribution >= 0.6 is 0 Å². The number of fused-ring (bicyclic) bond motifs is 1. The van der Waals surface area contributed by atoms with Crippen LogP contribution in [0.15, 0.2) is 10.5 Å². The summed E-state index contributed by atoms with van der Waals surface area (Å²) in [5.41, 5.74) is 4.92. The van der Waals surface area contributed by atoms with E-state index in [-0.39, 0.29) is 0 Å². The Balaban J connectivity index is 1.52. The molecular formula is C19H26N4O. The lowest BCUT2D eigenvalue weighted by atomic mass is 10.0. The lowest BCUT2D eigenvalue weighted by Gasteiger charge is -2.29. The molecule has 2 aliphatic rings. The predicted octanol–water partition coefficient (Wildman–Crippen LogP) is 3.15. The van der Waals surface area contributed by atoms with Gasteiger partial charge >= 0.3 is 0 Å². The monoisotopic (exact) mass is 326 g/mol. The second-order valence-corrected chi connectivity index (χ2v) is 7.14. The summed E-state index contributed by atoms with van der Waals surface area (Å²) in [5.74, 6) is 3.02. The zero-order valence-corrected chi connectivity index (χ0v) is 14.9. The Morgan fingerprint density at radius 2 is 1.88 bits per heavy atom. The summed E-state index contributed by atoms with van der Waals surface area (Å²) >= 11 is 0. The van der Waals surface area contributed by atoms with Gasteiger partial charge in [-0.15, -0.1) is 0 Å². The Hall–Kier alpha value is -1.88. The van der Waals surface area contributed by atoms with Crippen molar-refractivity contribution in [2.75, 3.05) is 24.5 Å². The van der Waals surface area contributed by atoms with Gasteiger partial charge in [0.1, 0.15) is 11.5 Å². The Bertz CT molecular complexity index is 727. The van der Waals surface area contributed by atoms with Gasteiger partial charge in [-0.05, 0) is 45.2 Å². The van der Waals surface area contributed by atoms with E-state index in [1.165, 1.54) is 29.7 Å². The minimum Gasteiger partial charge on any atom is -0.465 e. The largest absolute Gasteiger partial charge is 0.465 e. The molecule has 0 spiro atoms. The quantitative estimate of drug-likeness (QED) is 0.867. The molecular weight excluding hydrogens is 300 g/mol. The lowest BCUT2D eigenvalue weighted by molar-refractivity contribution is 0.221. The van der Waals surface area contributed by atoms with Crippen molar-refractivity contribution in [1.82, 2.24) is 14.9 Å². The van der Waals surface area contributed by atoms with Gasteiger partial charge in [-0.2, -0.15) is 0 Å². The number of nitrogens with zero attached hydrogens (tertiary/aromatic N) is 4. The van der Waals surface area contributed by atoms with Crippen molar-refractivity contribution in [3.8, 4) is 0 Å². The van der Waals surface area contributed by atoms with E-state index in [1.54, 1.807) is 0 Å². The van der Waals surface area contributed by atoms with Gasteiger partial charge in [-0.25, -0.2) is 9.97 Å². The third-order valence-electron chi connectivity index (χ3n) is 5.32. The highest BCUT2D eigenvalue weighted by molar-refractivity contribution is 5.38. The minimum atomic E-state index is 0.863. The van der Waals surface area contributed by atoms with Gasteiger partial charge in [0.05, 0.1) is 12.2 Å². The van der Waals surface area contributed by atoms with E-state index in [1.807, 2.05) is 6.92 Å². The molecule has 0 aliphatic carbocycles. The van der Waals surface area contributed by atoms with E-state index >= 15 is 0 Å². The number of hydrogen-bond acceptors (Lipinski definition) is 5. The summed E-state index contributed by atoms with van der Waals surface area (Å²) in [5, 5.41) is 0. The third-order valence-corrected chi connectivity index (χ3v) is 5.32. The predicted molar refractivity (Wildman–Crippen MR) is 94.2 cm³/mol. The molecule has 0 unspecified atom stereocenters. The SMILES string of the molecule is Cc1cc(CN2CCc3nc(N4CCCC4)nc(C)c3C2)oc1C. The Labute approximate surface area is 143 Å². The Morgan fingerprint density at radius 1 is 1.08 bits per heavy atom. The molecule has 1 saturated heterocycles. The molecule has 0 bridgehead atoms. The molecule has 2 aliphatic heterocycles. The van der Waals surface area contributed by atoms with Gasteiger partial charge in [0, 0.05) is 43.9 Å². The number of rotatable bonds is 3. The van der Waals surface area contributed by atoms with E-state index in [0.717, 1.165) is 62.3 Å². The summed E-state index contributed by atoms with van der Waals surface area (Å²) in [7, 11) is 0. The molecule has 5 nitrogen and oxygen atoms in total.